The first-order chi connectivity index (χ1) is 15.6. The summed E-state index contributed by atoms with van der Waals surface area (Å²) in [5.74, 6) is 0.713. The Labute approximate surface area is 186 Å². The van der Waals surface area contributed by atoms with Crippen LogP contribution in [0.4, 0.5) is 0 Å². The van der Waals surface area contributed by atoms with Gasteiger partial charge in [0.25, 0.3) is 0 Å². The van der Waals surface area contributed by atoms with E-state index in [1.807, 2.05) is 37.3 Å². The van der Waals surface area contributed by atoms with E-state index in [1.54, 1.807) is 6.07 Å². The van der Waals surface area contributed by atoms with Crippen LogP contribution in [-0.2, 0) is 6.42 Å². The maximum atomic E-state index is 11.5. The number of benzene rings is 2. The summed E-state index contributed by atoms with van der Waals surface area (Å²) >= 11 is 0. The molecule has 0 radical (unpaired) electrons. The SMILES string of the molecule is Cc1cc(=O)oc2cc(OCCCNCCCCc3c[nH]c4ccc(C#N)cc34)ccc12. The van der Waals surface area contributed by atoms with Crippen LogP contribution in [0.1, 0.15) is 36.0 Å². The lowest BCUT2D eigenvalue weighted by atomic mass is 10.1. The molecule has 4 rings (SSSR count). The van der Waals surface area contributed by atoms with Gasteiger partial charge in [0, 0.05) is 34.6 Å². The van der Waals surface area contributed by atoms with Gasteiger partial charge in [-0.15, -0.1) is 0 Å². The monoisotopic (exact) mass is 429 g/mol. The van der Waals surface area contributed by atoms with E-state index < -0.39 is 0 Å². The summed E-state index contributed by atoms with van der Waals surface area (Å²) in [7, 11) is 0. The van der Waals surface area contributed by atoms with E-state index in [4.69, 9.17) is 14.4 Å². The van der Waals surface area contributed by atoms with Crippen molar-refractivity contribution >= 4 is 21.9 Å². The van der Waals surface area contributed by atoms with Crippen LogP contribution in [0.15, 0.2) is 57.9 Å². The van der Waals surface area contributed by atoms with Crippen molar-refractivity contribution in [1.82, 2.24) is 10.3 Å². The number of aromatic amines is 1. The number of H-pyrrole nitrogens is 1. The smallest absolute Gasteiger partial charge is 0.336 e. The number of nitriles is 1. The summed E-state index contributed by atoms with van der Waals surface area (Å²) in [6, 6.07) is 15.1. The Morgan fingerprint density at radius 2 is 1.94 bits per heavy atom. The summed E-state index contributed by atoms with van der Waals surface area (Å²) in [5.41, 5.74) is 4.18. The molecule has 6 nitrogen and oxygen atoms in total. The zero-order chi connectivity index (χ0) is 22.3. The Kier molecular flexibility index (Phi) is 6.88. The molecule has 0 fully saturated rings. The summed E-state index contributed by atoms with van der Waals surface area (Å²) in [6.07, 6.45) is 6.13. The minimum Gasteiger partial charge on any atom is -0.493 e. The van der Waals surface area contributed by atoms with Crippen LogP contribution in [-0.4, -0.2) is 24.7 Å². The molecule has 0 amide bonds. The molecule has 2 heterocycles. The third kappa shape index (κ3) is 5.19. The minimum absolute atomic E-state index is 0.340. The van der Waals surface area contributed by atoms with Crippen molar-refractivity contribution in [2.45, 2.75) is 32.6 Å². The number of aromatic nitrogens is 1. The molecule has 164 valence electrons. The maximum Gasteiger partial charge on any atom is 0.336 e. The zero-order valence-corrected chi connectivity index (χ0v) is 18.2. The Balaban J connectivity index is 1.13. The largest absolute Gasteiger partial charge is 0.493 e. The van der Waals surface area contributed by atoms with Gasteiger partial charge in [0.05, 0.1) is 18.2 Å². The Bertz CT molecular complexity index is 1310. The number of hydrogen-bond donors (Lipinski definition) is 2. The Morgan fingerprint density at radius 3 is 2.81 bits per heavy atom. The second-order valence-corrected chi connectivity index (χ2v) is 8.00. The topological polar surface area (TPSA) is 91.0 Å². The summed E-state index contributed by atoms with van der Waals surface area (Å²) in [4.78, 5) is 14.8. The van der Waals surface area contributed by atoms with Gasteiger partial charge in [-0.3, -0.25) is 0 Å². The number of rotatable bonds is 10. The Morgan fingerprint density at radius 1 is 1.06 bits per heavy atom. The van der Waals surface area contributed by atoms with E-state index in [0.29, 0.717) is 23.5 Å². The molecule has 0 aliphatic rings. The second-order valence-electron chi connectivity index (χ2n) is 8.00. The average Bonchev–Trinajstić information content (AvgIpc) is 3.19. The first-order valence-corrected chi connectivity index (χ1v) is 11.0. The maximum absolute atomic E-state index is 11.5. The van der Waals surface area contributed by atoms with E-state index >= 15 is 0 Å². The third-order valence-electron chi connectivity index (χ3n) is 5.64. The molecule has 2 N–H and O–H groups in total. The minimum atomic E-state index is -0.340. The van der Waals surface area contributed by atoms with E-state index in [-0.39, 0.29) is 5.63 Å². The lowest BCUT2D eigenvalue weighted by molar-refractivity contribution is 0.308. The van der Waals surface area contributed by atoms with Crippen LogP contribution >= 0.6 is 0 Å². The number of fused-ring (bicyclic) bond motifs is 2. The molecule has 0 bridgehead atoms. The standard InChI is InChI=1S/C26H27N3O3/c1-18-13-26(30)32-25-15-21(7-8-22(18)25)31-12-4-11-28-10-3-2-5-20-17-29-24-9-6-19(16-27)14-23(20)24/h6-9,13-15,17,28-29H,2-5,10-12H2,1H3. The van der Waals surface area contributed by atoms with Crippen molar-refractivity contribution in [2.75, 3.05) is 19.7 Å². The number of aryl methyl sites for hydroxylation is 2. The lowest BCUT2D eigenvalue weighted by Crippen LogP contribution is -2.18. The van der Waals surface area contributed by atoms with Gasteiger partial charge < -0.3 is 19.5 Å². The Hall–Kier alpha value is -3.56. The molecule has 0 saturated heterocycles. The van der Waals surface area contributed by atoms with Gasteiger partial charge in [0.2, 0.25) is 0 Å². The fraction of sp³-hybridized carbons (Fsp3) is 0.308. The molecule has 32 heavy (non-hydrogen) atoms. The number of nitrogens with one attached hydrogen (secondary N) is 2. The molecular formula is C26H27N3O3. The molecule has 0 aliphatic carbocycles. The number of ether oxygens (including phenoxy) is 1. The van der Waals surface area contributed by atoms with Gasteiger partial charge in [-0.25, -0.2) is 4.79 Å². The van der Waals surface area contributed by atoms with Crippen molar-refractivity contribution < 1.29 is 9.15 Å². The highest BCUT2D eigenvalue weighted by molar-refractivity contribution is 5.84. The number of hydrogen-bond acceptors (Lipinski definition) is 5. The first kappa shape index (κ1) is 21.7. The predicted octanol–water partition coefficient (Wildman–Crippen LogP) is 4.84. The van der Waals surface area contributed by atoms with Crippen LogP contribution in [0.25, 0.3) is 21.9 Å². The average molecular weight is 430 g/mol. The van der Waals surface area contributed by atoms with E-state index in [0.717, 1.165) is 60.6 Å². The molecule has 6 heteroatoms. The highest BCUT2D eigenvalue weighted by Crippen LogP contribution is 2.23. The van der Waals surface area contributed by atoms with Crippen molar-refractivity contribution in [3.63, 3.8) is 0 Å². The van der Waals surface area contributed by atoms with Crippen LogP contribution in [0, 0.1) is 18.3 Å². The van der Waals surface area contributed by atoms with Gasteiger partial charge in [0.1, 0.15) is 11.3 Å². The fourth-order valence-electron chi connectivity index (χ4n) is 3.93. The number of unbranched alkanes of at least 4 members (excludes halogenated alkanes) is 1. The van der Waals surface area contributed by atoms with E-state index in [1.165, 1.54) is 11.6 Å². The van der Waals surface area contributed by atoms with Crippen LogP contribution in [0.3, 0.4) is 0 Å². The fourth-order valence-corrected chi connectivity index (χ4v) is 3.93. The highest BCUT2D eigenvalue weighted by Gasteiger charge is 2.05. The highest BCUT2D eigenvalue weighted by atomic mass is 16.5. The summed E-state index contributed by atoms with van der Waals surface area (Å²) in [6.45, 7) is 4.36. The van der Waals surface area contributed by atoms with Crippen LogP contribution in [0.5, 0.6) is 5.75 Å². The molecule has 0 aliphatic heterocycles. The summed E-state index contributed by atoms with van der Waals surface area (Å²) in [5, 5.41) is 14.6. The molecule has 0 unspecified atom stereocenters. The second kappa shape index (κ2) is 10.2. The van der Waals surface area contributed by atoms with Gasteiger partial charge in [-0.05, 0) is 87.2 Å². The van der Waals surface area contributed by atoms with Crippen LogP contribution in [0.2, 0.25) is 0 Å². The van der Waals surface area contributed by atoms with E-state index in [9.17, 15) is 4.79 Å². The lowest BCUT2D eigenvalue weighted by Gasteiger charge is -2.08. The zero-order valence-electron chi connectivity index (χ0n) is 18.2. The number of nitrogens with zero attached hydrogens (tertiary/aromatic N) is 1. The quantitative estimate of drug-likeness (QED) is 0.278. The van der Waals surface area contributed by atoms with Crippen molar-refractivity contribution in [1.29, 1.82) is 5.26 Å². The molecule has 0 saturated carbocycles. The van der Waals surface area contributed by atoms with Crippen molar-refractivity contribution in [3.8, 4) is 11.8 Å². The molecule has 2 aromatic carbocycles. The molecule has 2 aromatic heterocycles. The van der Waals surface area contributed by atoms with E-state index in [2.05, 4.69) is 22.6 Å². The van der Waals surface area contributed by atoms with Gasteiger partial charge in [-0.2, -0.15) is 5.26 Å². The normalized spacial score (nSPS) is 11.1. The van der Waals surface area contributed by atoms with Gasteiger partial charge >= 0.3 is 5.63 Å². The summed E-state index contributed by atoms with van der Waals surface area (Å²) < 4.78 is 11.1. The third-order valence-corrected chi connectivity index (χ3v) is 5.64. The van der Waals surface area contributed by atoms with Gasteiger partial charge in [-0.1, -0.05) is 0 Å². The molecular weight excluding hydrogens is 402 g/mol. The first-order valence-electron chi connectivity index (χ1n) is 11.0. The van der Waals surface area contributed by atoms with Crippen molar-refractivity contribution in [2.24, 2.45) is 0 Å². The van der Waals surface area contributed by atoms with Crippen molar-refractivity contribution in [3.05, 3.63) is 75.8 Å². The van der Waals surface area contributed by atoms with Crippen LogP contribution < -0.4 is 15.7 Å². The molecule has 0 atom stereocenters. The van der Waals surface area contributed by atoms with Gasteiger partial charge in [0.15, 0.2) is 0 Å². The predicted molar refractivity (Wildman–Crippen MR) is 126 cm³/mol. The molecule has 4 aromatic rings. The molecule has 0 spiro atoms.